The largest absolute Gasteiger partial charge is 0.308 e. The Hall–Kier alpha value is -1.92. The fourth-order valence-corrected chi connectivity index (χ4v) is 2.17. The Kier molecular flexibility index (Phi) is 3.42. The first-order valence-corrected chi connectivity index (χ1v) is 6.73. The summed E-state index contributed by atoms with van der Waals surface area (Å²) >= 11 is 5.90. The molecule has 0 saturated heterocycles. The maximum absolute atomic E-state index is 10.7. The van der Waals surface area contributed by atoms with E-state index in [0.29, 0.717) is 11.7 Å². The molecule has 0 radical (unpaired) electrons. The van der Waals surface area contributed by atoms with E-state index in [4.69, 9.17) is 11.6 Å². The molecular formula is C13H13ClN4O2. The smallest absolute Gasteiger partial charge is 0.288 e. The Balaban J connectivity index is 1.77. The van der Waals surface area contributed by atoms with Crippen molar-refractivity contribution in [3.8, 4) is 5.69 Å². The molecule has 20 heavy (non-hydrogen) atoms. The molecule has 0 amide bonds. The Labute approximate surface area is 120 Å². The highest BCUT2D eigenvalue weighted by Gasteiger charge is 2.20. The van der Waals surface area contributed by atoms with Crippen LogP contribution < -0.4 is 5.32 Å². The lowest BCUT2D eigenvalue weighted by Crippen LogP contribution is -2.15. The van der Waals surface area contributed by atoms with Crippen molar-refractivity contribution in [3.63, 3.8) is 0 Å². The first-order valence-electron chi connectivity index (χ1n) is 6.36. The van der Waals surface area contributed by atoms with E-state index in [9.17, 15) is 10.1 Å². The minimum atomic E-state index is -0.500. The van der Waals surface area contributed by atoms with Gasteiger partial charge < -0.3 is 5.32 Å². The molecule has 1 fully saturated rings. The third kappa shape index (κ3) is 2.81. The average molecular weight is 293 g/mol. The van der Waals surface area contributed by atoms with E-state index < -0.39 is 4.92 Å². The van der Waals surface area contributed by atoms with Crippen LogP contribution >= 0.6 is 11.6 Å². The first kappa shape index (κ1) is 13.1. The number of nitrogens with one attached hydrogen (secondary N) is 1. The number of halogens is 1. The van der Waals surface area contributed by atoms with Gasteiger partial charge in [0.05, 0.1) is 16.3 Å². The van der Waals surface area contributed by atoms with E-state index in [1.54, 1.807) is 16.8 Å². The first-order chi connectivity index (χ1) is 9.63. The quantitative estimate of drug-likeness (QED) is 0.679. The van der Waals surface area contributed by atoms with E-state index in [1.165, 1.54) is 18.9 Å². The molecule has 1 aromatic heterocycles. The number of hydrogen-bond acceptors (Lipinski definition) is 4. The van der Waals surface area contributed by atoms with Crippen LogP contribution in [0.15, 0.2) is 30.5 Å². The van der Waals surface area contributed by atoms with Gasteiger partial charge >= 0.3 is 0 Å². The highest BCUT2D eigenvalue weighted by atomic mass is 35.5. The van der Waals surface area contributed by atoms with Gasteiger partial charge in [0.15, 0.2) is 0 Å². The SMILES string of the molecule is O=[N+]([O-])c1ccc(-n2ccc(CNC3CC3)n2)cc1Cl. The minimum Gasteiger partial charge on any atom is -0.308 e. The van der Waals surface area contributed by atoms with Crippen LogP contribution in [0, 0.1) is 10.1 Å². The van der Waals surface area contributed by atoms with Gasteiger partial charge in [0.2, 0.25) is 0 Å². The molecule has 7 heteroatoms. The summed E-state index contributed by atoms with van der Waals surface area (Å²) in [6.45, 7) is 0.735. The molecule has 0 spiro atoms. The molecule has 1 aromatic carbocycles. The van der Waals surface area contributed by atoms with Crippen molar-refractivity contribution >= 4 is 17.3 Å². The monoisotopic (exact) mass is 292 g/mol. The van der Waals surface area contributed by atoms with Crippen LogP contribution in [0.5, 0.6) is 0 Å². The second-order valence-corrected chi connectivity index (χ2v) is 5.21. The molecular weight excluding hydrogens is 280 g/mol. The molecule has 6 nitrogen and oxygen atoms in total. The molecule has 1 N–H and O–H groups in total. The fraction of sp³-hybridized carbons (Fsp3) is 0.308. The van der Waals surface area contributed by atoms with Crippen LogP contribution in [0.2, 0.25) is 5.02 Å². The zero-order chi connectivity index (χ0) is 14.1. The summed E-state index contributed by atoms with van der Waals surface area (Å²) in [5.41, 5.74) is 1.54. The number of benzene rings is 1. The molecule has 0 atom stereocenters. The molecule has 1 heterocycles. The van der Waals surface area contributed by atoms with Gasteiger partial charge in [-0.05, 0) is 31.0 Å². The highest BCUT2D eigenvalue weighted by molar-refractivity contribution is 6.32. The Bertz CT molecular complexity index is 652. The van der Waals surface area contributed by atoms with Crippen LogP contribution in [-0.4, -0.2) is 20.7 Å². The predicted octanol–water partition coefficient (Wildman–Crippen LogP) is 2.69. The Morgan fingerprint density at radius 1 is 1.45 bits per heavy atom. The summed E-state index contributed by atoms with van der Waals surface area (Å²) in [5, 5.41) is 18.6. The van der Waals surface area contributed by atoms with Crippen LogP contribution in [0.25, 0.3) is 5.69 Å². The second-order valence-electron chi connectivity index (χ2n) is 4.80. The molecule has 3 rings (SSSR count). The lowest BCUT2D eigenvalue weighted by molar-refractivity contribution is -0.384. The summed E-state index contributed by atoms with van der Waals surface area (Å²) in [6.07, 6.45) is 4.29. The molecule has 2 aromatic rings. The Morgan fingerprint density at radius 3 is 2.90 bits per heavy atom. The summed E-state index contributed by atoms with van der Waals surface area (Å²) in [7, 11) is 0. The van der Waals surface area contributed by atoms with Crippen molar-refractivity contribution in [1.29, 1.82) is 0 Å². The third-order valence-electron chi connectivity index (χ3n) is 3.19. The number of aromatic nitrogens is 2. The van der Waals surface area contributed by atoms with E-state index in [0.717, 1.165) is 12.2 Å². The molecule has 0 bridgehead atoms. The number of hydrogen-bond donors (Lipinski definition) is 1. The van der Waals surface area contributed by atoms with Gasteiger partial charge in [-0.25, -0.2) is 4.68 Å². The normalized spacial score (nSPS) is 14.4. The van der Waals surface area contributed by atoms with Crippen molar-refractivity contribution in [1.82, 2.24) is 15.1 Å². The van der Waals surface area contributed by atoms with Crippen molar-refractivity contribution in [2.45, 2.75) is 25.4 Å². The fourth-order valence-electron chi connectivity index (χ4n) is 1.92. The van der Waals surface area contributed by atoms with Crippen molar-refractivity contribution in [2.24, 2.45) is 0 Å². The summed E-state index contributed by atoms with van der Waals surface area (Å²) in [4.78, 5) is 10.2. The van der Waals surface area contributed by atoms with Gasteiger partial charge in [0, 0.05) is 24.8 Å². The zero-order valence-electron chi connectivity index (χ0n) is 10.6. The summed E-state index contributed by atoms with van der Waals surface area (Å²) in [6, 6.07) is 7.13. The molecule has 0 unspecified atom stereocenters. The van der Waals surface area contributed by atoms with Crippen molar-refractivity contribution in [2.75, 3.05) is 0 Å². The maximum Gasteiger partial charge on any atom is 0.288 e. The Morgan fingerprint density at radius 2 is 2.25 bits per heavy atom. The van der Waals surface area contributed by atoms with Crippen LogP contribution in [0.4, 0.5) is 5.69 Å². The number of nitro benzene ring substituents is 1. The van der Waals surface area contributed by atoms with E-state index in [1.807, 2.05) is 12.3 Å². The minimum absolute atomic E-state index is 0.0989. The van der Waals surface area contributed by atoms with E-state index in [-0.39, 0.29) is 10.7 Å². The number of nitrogens with zero attached hydrogens (tertiary/aromatic N) is 3. The van der Waals surface area contributed by atoms with E-state index in [2.05, 4.69) is 10.4 Å². The molecule has 1 saturated carbocycles. The van der Waals surface area contributed by atoms with Crippen LogP contribution in [0.1, 0.15) is 18.5 Å². The van der Waals surface area contributed by atoms with Gasteiger partial charge in [-0.2, -0.15) is 5.10 Å². The summed E-state index contributed by atoms with van der Waals surface area (Å²) in [5.74, 6) is 0. The third-order valence-corrected chi connectivity index (χ3v) is 3.49. The standard InChI is InChI=1S/C13H13ClN4O2/c14-12-7-11(3-4-13(12)18(19)20)17-6-5-10(16-17)8-15-9-1-2-9/h3-7,9,15H,1-2,8H2. The highest BCUT2D eigenvalue weighted by Crippen LogP contribution is 2.26. The van der Waals surface area contributed by atoms with Crippen molar-refractivity contribution in [3.05, 3.63) is 51.3 Å². The second kappa shape index (κ2) is 5.22. The lowest BCUT2D eigenvalue weighted by Gasteiger charge is -2.03. The van der Waals surface area contributed by atoms with Gasteiger partial charge in [-0.15, -0.1) is 0 Å². The molecule has 104 valence electrons. The lowest BCUT2D eigenvalue weighted by atomic mass is 10.3. The molecule has 0 aliphatic heterocycles. The molecule has 1 aliphatic rings. The topological polar surface area (TPSA) is 73.0 Å². The maximum atomic E-state index is 10.7. The average Bonchev–Trinajstić information content (AvgIpc) is 3.13. The van der Waals surface area contributed by atoms with Crippen molar-refractivity contribution < 1.29 is 4.92 Å². The van der Waals surface area contributed by atoms with Crippen LogP contribution in [-0.2, 0) is 6.54 Å². The predicted molar refractivity (Wildman–Crippen MR) is 75.1 cm³/mol. The molecule has 1 aliphatic carbocycles. The summed E-state index contributed by atoms with van der Waals surface area (Å²) < 4.78 is 1.67. The van der Waals surface area contributed by atoms with Gasteiger partial charge in [0.25, 0.3) is 5.69 Å². The van der Waals surface area contributed by atoms with Gasteiger partial charge in [-0.3, -0.25) is 10.1 Å². The van der Waals surface area contributed by atoms with E-state index >= 15 is 0 Å². The number of rotatable bonds is 5. The van der Waals surface area contributed by atoms with Crippen LogP contribution in [0.3, 0.4) is 0 Å². The van der Waals surface area contributed by atoms with Gasteiger partial charge in [0.1, 0.15) is 5.02 Å². The zero-order valence-corrected chi connectivity index (χ0v) is 11.4. The number of nitro groups is 1. The van der Waals surface area contributed by atoms with Gasteiger partial charge in [-0.1, -0.05) is 11.6 Å².